The van der Waals surface area contributed by atoms with Crippen LogP contribution in [0.15, 0.2) is 16.3 Å². The molecule has 134 valence electrons. The summed E-state index contributed by atoms with van der Waals surface area (Å²) in [6.45, 7) is 4.49. The Bertz CT molecular complexity index is 705. The summed E-state index contributed by atoms with van der Waals surface area (Å²) in [5.74, 6) is -1.74. The van der Waals surface area contributed by atoms with Gasteiger partial charge >= 0.3 is 5.97 Å². The topological polar surface area (TPSA) is 104 Å². The van der Waals surface area contributed by atoms with Gasteiger partial charge in [0.25, 0.3) is 10.0 Å². The number of aliphatic carboxylic acids is 1. The number of hydrogen-bond acceptors (Lipinski definition) is 5. The van der Waals surface area contributed by atoms with Crippen molar-refractivity contribution in [1.29, 1.82) is 0 Å². The van der Waals surface area contributed by atoms with Crippen molar-refractivity contribution in [2.75, 3.05) is 13.1 Å². The molecule has 1 aromatic rings. The molecular formula is C15H22N2O5S2. The molecule has 0 spiro atoms. The molecule has 0 radical (unpaired) electrons. The Labute approximate surface area is 145 Å². The summed E-state index contributed by atoms with van der Waals surface area (Å²) < 4.78 is 26.6. The average Bonchev–Trinajstić information content (AvgIpc) is 3.15. The van der Waals surface area contributed by atoms with E-state index < -0.39 is 27.9 Å². The van der Waals surface area contributed by atoms with Crippen LogP contribution in [0.5, 0.6) is 0 Å². The zero-order valence-corrected chi connectivity index (χ0v) is 15.3. The third kappa shape index (κ3) is 4.34. The van der Waals surface area contributed by atoms with Gasteiger partial charge in [-0.25, -0.2) is 13.2 Å². The first kappa shape index (κ1) is 18.9. The molecule has 9 heteroatoms. The Morgan fingerprint density at radius 3 is 2.46 bits per heavy atom. The zero-order chi connectivity index (χ0) is 17.9. The number of sulfonamides is 1. The third-order valence-corrected chi connectivity index (χ3v) is 7.33. The van der Waals surface area contributed by atoms with E-state index in [0.717, 1.165) is 24.2 Å². The molecule has 0 saturated carbocycles. The van der Waals surface area contributed by atoms with E-state index in [9.17, 15) is 18.0 Å². The second kappa shape index (κ2) is 7.62. The van der Waals surface area contributed by atoms with Gasteiger partial charge in [-0.15, -0.1) is 11.3 Å². The average molecular weight is 374 g/mol. The summed E-state index contributed by atoms with van der Waals surface area (Å²) in [5, 5.41) is 11.6. The minimum Gasteiger partial charge on any atom is -0.480 e. The molecule has 2 heterocycles. The monoisotopic (exact) mass is 374 g/mol. The number of carbonyl (C=O) groups is 2. The molecule has 24 heavy (non-hydrogen) atoms. The highest BCUT2D eigenvalue weighted by Crippen LogP contribution is 2.27. The van der Waals surface area contributed by atoms with Crippen molar-refractivity contribution in [3.05, 3.63) is 17.0 Å². The number of amides is 1. The van der Waals surface area contributed by atoms with Crippen molar-refractivity contribution in [2.45, 2.75) is 43.4 Å². The molecular weight excluding hydrogens is 352 g/mol. The van der Waals surface area contributed by atoms with Gasteiger partial charge in [0, 0.05) is 18.0 Å². The van der Waals surface area contributed by atoms with Gasteiger partial charge in [-0.3, -0.25) is 4.79 Å². The fraction of sp³-hybridized carbons (Fsp3) is 0.600. The molecule has 0 aliphatic carbocycles. The zero-order valence-electron chi connectivity index (χ0n) is 13.7. The minimum absolute atomic E-state index is 0.0311. The summed E-state index contributed by atoms with van der Waals surface area (Å²) in [4.78, 5) is 23.7. The van der Waals surface area contributed by atoms with Crippen LogP contribution in [-0.2, 0) is 26.0 Å². The second-order valence-electron chi connectivity index (χ2n) is 6.14. The Kier molecular flexibility index (Phi) is 6.00. The Hall–Kier alpha value is -1.45. The largest absolute Gasteiger partial charge is 0.480 e. The summed E-state index contributed by atoms with van der Waals surface area (Å²) in [7, 11) is -3.48. The van der Waals surface area contributed by atoms with Crippen molar-refractivity contribution in [3.63, 3.8) is 0 Å². The van der Waals surface area contributed by atoms with Crippen molar-refractivity contribution >= 4 is 33.2 Å². The summed E-state index contributed by atoms with van der Waals surface area (Å²) in [5.41, 5.74) is 0. The normalized spacial score (nSPS) is 17.1. The predicted octanol–water partition coefficient (Wildman–Crippen LogP) is 1.30. The van der Waals surface area contributed by atoms with Crippen LogP contribution in [0.25, 0.3) is 0 Å². The Balaban J connectivity index is 2.03. The van der Waals surface area contributed by atoms with E-state index in [1.807, 2.05) is 0 Å². The smallest absolute Gasteiger partial charge is 0.326 e. The van der Waals surface area contributed by atoms with E-state index >= 15 is 0 Å². The highest BCUT2D eigenvalue weighted by atomic mass is 32.2. The van der Waals surface area contributed by atoms with E-state index in [1.54, 1.807) is 19.9 Å². The molecule has 1 aromatic heterocycles. The molecule has 1 atom stereocenters. The first-order valence-electron chi connectivity index (χ1n) is 7.83. The van der Waals surface area contributed by atoms with Crippen LogP contribution < -0.4 is 5.32 Å². The lowest BCUT2D eigenvalue weighted by Gasteiger charge is -2.17. The minimum atomic E-state index is -3.48. The number of rotatable bonds is 7. The van der Waals surface area contributed by atoms with E-state index in [2.05, 4.69) is 5.32 Å². The van der Waals surface area contributed by atoms with Gasteiger partial charge in [0.15, 0.2) is 0 Å². The molecule has 1 aliphatic rings. The molecule has 0 unspecified atom stereocenters. The van der Waals surface area contributed by atoms with E-state index in [0.29, 0.717) is 18.0 Å². The first-order valence-corrected chi connectivity index (χ1v) is 10.1. The number of hydrogen-bond donors (Lipinski definition) is 2. The predicted molar refractivity (Wildman–Crippen MR) is 90.4 cm³/mol. The second-order valence-corrected chi connectivity index (χ2v) is 9.47. The quantitative estimate of drug-likeness (QED) is 0.749. The van der Waals surface area contributed by atoms with Gasteiger partial charge in [0.05, 0.1) is 6.42 Å². The lowest BCUT2D eigenvalue weighted by molar-refractivity contribution is -0.143. The van der Waals surface area contributed by atoms with Gasteiger partial charge in [-0.1, -0.05) is 13.8 Å². The van der Waals surface area contributed by atoms with Gasteiger partial charge in [-0.05, 0) is 30.9 Å². The maximum absolute atomic E-state index is 12.4. The Morgan fingerprint density at radius 2 is 1.92 bits per heavy atom. The van der Waals surface area contributed by atoms with Crippen LogP contribution in [0.3, 0.4) is 0 Å². The molecule has 1 aliphatic heterocycles. The van der Waals surface area contributed by atoms with Crippen molar-refractivity contribution < 1.29 is 23.1 Å². The SMILES string of the molecule is CC(C)[C@H](NC(=O)Cc1ccc(S(=O)(=O)N2CCCC2)s1)C(=O)O. The molecule has 1 saturated heterocycles. The molecule has 0 aromatic carbocycles. The van der Waals surface area contributed by atoms with E-state index in [4.69, 9.17) is 5.11 Å². The van der Waals surface area contributed by atoms with Crippen LogP contribution in [0.1, 0.15) is 31.6 Å². The summed E-state index contributed by atoms with van der Waals surface area (Å²) >= 11 is 1.06. The van der Waals surface area contributed by atoms with Gasteiger partial charge in [-0.2, -0.15) is 4.31 Å². The number of carboxylic acid groups (broad SMARTS) is 1. The molecule has 1 fully saturated rings. The maximum Gasteiger partial charge on any atom is 0.326 e. The number of nitrogens with one attached hydrogen (secondary N) is 1. The number of carboxylic acids is 1. The van der Waals surface area contributed by atoms with Crippen LogP contribution in [0.4, 0.5) is 0 Å². The Morgan fingerprint density at radius 1 is 1.29 bits per heavy atom. The van der Waals surface area contributed by atoms with Gasteiger partial charge in [0.1, 0.15) is 10.3 Å². The van der Waals surface area contributed by atoms with Crippen LogP contribution in [0, 0.1) is 5.92 Å². The first-order chi connectivity index (χ1) is 11.2. The van der Waals surface area contributed by atoms with Crippen molar-refractivity contribution in [1.82, 2.24) is 9.62 Å². The molecule has 2 rings (SSSR count). The number of nitrogens with zero attached hydrogens (tertiary/aromatic N) is 1. The fourth-order valence-corrected chi connectivity index (χ4v) is 5.57. The van der Waals surface area contributed by atoms with Gasteiger partial charge < -0.3 is 10.4 Å². The molecule has 2 N–H and O–H groups in total. The lowest BCUT2D eigenvalue weighted by atomic mass is 10.0. The standard InChI is InChI=1S/C15H22N2O5S2/c1-10(2)14(15(19)20)16-12(18)9-11-5-6-13(23-11)24(21,22)17-7-3-4-8-17/h5-6,10,14H,3-4,7-9H2,1-2H3,(H,16,18)(H,19,20)/t14-/m0/s1. The fourth-order valence-electron chi connectivity index (χ4n) is 2.54. The summed E-state index contributed by atoms with van der Waals surface area (Å²) in [6.07, 6.45) is 1.70. The third-order valence-electron chi connectivity index (χ3n) is 3.88. The van der Waals surface area contributed by atoms with Crippen LogP contribution >= 0.6 is 11.3 Å². The van der Waals surface area contributed by atoms with E-state index in [-0.39, 0.29) is 16.5 Å². The molecule has 1 amide bonds. The lowest BCUT2D eigenvalue weighted by Crippen LogP contribution is -2.44. The van der Waals surface area contributed by atoms with E-state index in [1.165, 1.54) is 10.4 Å². The maximum atomic E-state index is 12.4. The summed E-state index contributed by atoms with van der Waals surface area (Å²) in [6, 6.07) is 2.17. The van der Waals surface area contributed by atoms with Crippen molar-refractivity contribution in [3.8, 4) is 0 Å². The highest BCUT2D eigenvalue weighted by molar-refractivity contribution is 7.91. The highest BCUT2D eigenvalue weighted by Gasteiger charge is 2.29. The van der Waals surface area contributed by atoms with Crippen molar-refractivity contribution in [2.24, 2.45) is 5.92 Å². The number of carbonyl (C=O) groups excluding carboxylic acids is 1. The number of thiophene rings is 1. The van der Waals surface area contributed by atoms with Crippen LogP contribution in [-0.4, -0.2) is 48.8 Å². The van der Waals surface area contributed by atoms with Crippen LogP contribution in [0.2, 0.25) is 0 Å². The van der Waals surface area contributed by atoms with Gasteiger partial charge in [0.2, 0.25) is 5.91 Å². The molecule has 7 nitrogen and oxygen atoms in total. The molecule has 0 bridgehead atoms.